The largest absolute Gasteiger partial charge is 0.353 e. The van der Waals surface area contributed by atoms with Crippen molar-refractivity contribution in [2.24, 2.45) is 0 Å². The first-order chi connectivity index (χ1) is 13.0. The average molecular weight is 401 g/mol. The summed E-state index contributed by atoms with van der Waals surface area (Å²) < 4.78 is 0. The molecule has 0 unspecified atom stereocenters. The van der Waals surface area contributed by atoms with E-state index in [-0.39, 0.29) is 0 Å². The number of nitrogens with zero attached hydrogens (tertiary/aromatic N) is 4. The monoisotopic (exact) mass is 400 g/mol. The van der Waals surface area contributed by atoms with Gasteiger partial charge in [0.25, 0.3) is 0 Å². The highest BCUT2D eigenvalue weighted by atomic mass is 35.5. The third-order valence-corrected chi connectivity index (χ3v) is 6.72. The number of thiophene rings is 1. The molecule has 1 fully saturated rings. The van der Waals surface area contributed by atoms with E-state index in [1.807, 2.05) is 12.1 Å². The molecular formula is C21H25ClN4S. The fourth-order valence-electron chi connectivity index (χ4n) is 3.62. The summed E-state index contributed by atoms with van der Waals surface area (Å²) in [5.74, 6) is 2.08. The van der Waals surface area contributed by atoms with Gasteiger partial charge in [-0.1, -0.05) is 30.7 Å². The van der Waals surface area contributed by atoms with Crippen molar-refractivity contribution < 1.29 is 0 Å². The van der Waals surface area contributed by atoms with E-state index in [9.17, 15) is 0 Å². The van der Waals surface area contributed by atoms with Crippen LogP contribution in [-0.4, -0.2) is 41.0 Å². The number of piperazine rings is 1. The Hall–Kier alpha value is -1.69. The first-order valence-corrected chi connectivity index (χ1v) is 10.7. The van der Waals surface area contributed by atoms with Crippen molar-refractivity contribution in [3.8, 4) is 0 Å². The van der Waals surface area contributed by atoms with Crippen molar-refractivity contribution in [3.05, 3.63) is 51.1 Å². The van der Waals surface area contributed by atoms with Crippen LogP contribution in [-0.2, 0) is 13.0 Å². The molecule has 0 bridgehead atoms. The van der Waals surface area contributed by atoms with Gasteiger partial charge in [0.1, 0.15) is 16.5 Å². The summed E-state index contributed by atoms with van der Waals surface area (Å²) in [5.41, 5.74) is 2.64. The van der Waals surface area contributed by atoms with Gasteiger partial charge >= 0.3 is 0 Å². The van der Waals surface area contributed by atoms with Crippen LogP contribution in [0, 0.1) is 13.8 Å². The Labute approximate surface area is 169 Å². The van der Waals surface area contributed by atoms with Gasteiger partial charge in [0.15, 0.2) is 0 Å². The lowest BCUT2D eigenvalue weighted by Gasteiger charge is -2.36. The molecule has 1 aromatic carbocycles. The molecule has 1 aliphatic heterocycles. The topological polar surface area (TPSA) is 32.3 Å². The second-order valence-corrected chi connectivity index (χ2v) is 8.81. The molecule has 0 atom stereocenters. The smallest absolute Gasteiger partial charge is 0.141 e. The van der Waals surface area contributed by atoms with E-state index < -0.39 is 0 Å². The average Bonchev–Trinajstić information content (AvgIpc) is 2.97. The molecule has 3 aromatic rings. The van der Waals surface area contributed by atoms with Gasteiger partial charge in [0.2, 0.25) is 0 Å². The highest BCUT2D eigenvalue weighted by molar-refractivity contribution is 7.18. The van der Waals surface area contributed by atoms with Gasteiger partial charge in [-0.3, -0.25) is 4.90 Å². The fraction of sp³-hybridized carbons (Fsp3) is 0.429. The predicted octanol–water partition coefficient (Wildman–Crippen LogP) is 4.85. The van der Waals surface area contributed by atoms with Gasteiger partial charge in [-0.05, 0) is 37.1 Å². The summed E-state index contributed by atoms with van der Waals surface area (Å²) in [7, 11) is 0. The highest BCUT2D eigenvalue weighted by Crippen LogP contribution is 2.35. The zero-order valence-electron chi connectivity index (χ0n) is 16.1. The Bertz CT molecular complexity index is 943. The van der Waals surface area contributed by atoms with Crippen LogP contribution in [0.5, 0.6) is 0 Å². The quantitative estimate of drug-likeness (QED) is 0.626. The summed E-state index contributed by atoms with van der Waals surface area (Å²) >= 11 is 7.79. The second kappa shape index (κ2) is 7.74. The number of benzene rings is 1. The molecule has 1 aliphatic rings. The number of aromatic nitrogens is 2. The Kier molecular flexibility index (Phi) is 5.35. The van der Waals surface area contributed by atoms with Gasteiger partial charge in [-0.2, -0.15) is 0 Å². The van der Waals surface area contributed by atoms with Crippen LogP contribution in [0.3, 0.4) is 0 Å². The van der Waals surface area contributed by atoms with Crippen molar-refractivity contribution in [1.82, 2.24) is 14.9 Å². The molecule has 142 valence electrons. The van der Waals surface area contributed by atoms with Crippen LogP contribution in [0.2, 0.25) is 5.02 Å². The lowest BCUT2D eigenvalue weighted by molar-refractivity contribution is 0.249. The Balaban J connectivity index is 1.53. The van der Waals surface area contributed by atoms with E-state index in [4.69, 9.17) is 21.6 Å². The van der Waals surface area contributed by atoms with Crippen molar-refractivity contribution in [2.45, 2.75) is 33.7 Å². The lowest BCUT2D eigenvalue weighted by Crippen LogP contribution is -2.46. The zero-order valence-corrected chi connectivity index (χ0v) is 17.7. The molecule has 1 saturated heterocycles. The fourth-order valence-corrected chi connectivity index (χ4v) is 4.79. The summed E-state index contributed by atoms with van der Waals surface area (Å²) in [5, 5.41) is 2.05. The maximum absolute atomic E-state index is 6.00. The van der Waals surface area contributed by atoms with Gasteiger partial charge in [0, 0.05) is 49.0 Å². The maximum atomic E-state index is 6.00. The third kappa shape index (κ3) is 3.82. The molecule has 0 spiro atoms. The molecule has 6 heteroatoms. The zero-order chi connectivity index (χ0) is 19.0. The molecule has 27 heavy (non-hydrogen) atoms. The minimum absolute atomic E-state index is 0.796. The second-order valence-electron chi connectivity index (χ2n) is 7.17. The van der Waals surface area contributed by atoms with Crippen molar-refractivity contribution in [3.63, 3.8) is 0 Å². The summed E-state index contributed by atoms with van der Waals surface area (Å²) in [6.07, 6.45) is 0.871. The summed E-state index contributed by atoms with van der Waals surface area (Å²) in [4.78, 5) is 17.1. The SMILES string of the molecule is CCc1nc(N2CCN(Cc3ccc(Cl)cc3)CC2)c2c(C)c(C)sc2n1. The first-order valence-electron chi connectivity index (χ1n) is 9.53. The minimum atomic E-state index is 0.796. The normalized spacial score (nSPS) is 15.6. The van der Waals surface area contributed by atoms with E-state index in [1.165, 1.54) is 21.4 Å². The summed E-state index contributed by atoms with van der Waals surface area (Å²) in [6, 6.07) is 8.18. The molecule has 0 amide bonds. The number of hydrogen-bond donors (Lipinski definition) is 0. The Morgan fingerprint density at radius 2 is 1.74 bits per heavy atom. The molecular weight excluding hydrogens is 376 g/mol. The van der Waals surface area contributed by atoms with Crippen LogP contribution in [0.4, 0.5) is 5.82 Å². The number of hydrogen-bond acceptors (Lipinski definition) is 5. The molecule has 4 nitrogen and oxygen atoms in total. The maximum Gasteiger partial charge on any atom is 0.141 e. The van der Waals surface area contributed by atoms with Crippen LogP contribution in [0.15, 0.2) is 24.3 Å². The molecule has 0 N–H and O–H groups in total. The van der Waals surface area contributed by atoms with Gasteiger partial charge in [-0.15, -0.1) is 11.3 Å². The van der Waals surface area contributed by atoms with E-state index in [1.54, 1.807) is 11.3 Å². The lowest BCUT2D eigenvalue weighted by atomic mass is 10.1. The Morgan fingerprint density at radius 3 is 2.41 bits per heavy atom. The predicted molar refractivity (Wildman–Crippen MR) is 115 cm³/mol. The molecule has 2 aromatic heterocycles. The molecule has 4 rings (SSSR count). The number of halogens is 1. The van der Waals surface area contributed by atoms with Crippen LogP contribution in [0.1, 0.15) is 28.8 Å². The van der Waals surface area contributed by atoms with Gasteiger partial charge in [-0.25, -0.2) is 9.97 Å². The van der Waals surface area contributed by atoms with Crippen molar-refractivity contribution >= 4 is 39.0 Å². The summed E-state index contributed by atoms with van der Waals surface area (Å²) in [6.45, 7) is 11.6. The van der Waals surface area contributed by atoms with Crippen molar-refractivity contribution in [1.29, 1.82) is 0 Å². The van der Waals surface area contributed by atoms with Gasteiger partial charge < -0.3 is 4.90 Å². The van der Waals surface area contributed by atoms with Crippen LogP contribution < -0.4 is 4.90 Å². The van der Waals surface area contributed by atoms with E-state index >= 15 is 0 Å². The highest BCUT2D eigenvalue weighted by Gasteiger charge is 2.23. The van der Waals surface area contributed by atoms with Crippen molar-refractivity contribution in [2.75, 3.05) is 31.1 Å². The van der Waals surface area contributed by atoms with E-state index in [0.29, 0.717) is 0 Å². The first kappa shape index (κ1) is 18.7. The van der Waals surface area contributed by atoms with Crippen LogP contribution in [0.25, 0.3) is 10.2 Å². The van der Waals surface area contributed by atoms with E-state index in [0.717, 1.165) is 60.6 Å². The third-order valence-electron chi connectivity index (χ3n) is 5.36. The standard InChI is InChI=1S/C21H25ClN4S/c1-4-18-23-20(19-14(2)15(3)27-21(19)24-18)26-11-9-25(10-12-26)13-16-5-7-17(22)8-6-16/h5-8H,4,9-13H2,1-3H3. The molecule has 0 saturated carbocycles. The number of aryl methyl sites for hydroxylation is 3. The number of anilines is 1. The van der Waals surface area contributed by atoms with E-state index in [2.05, 4.69) is 42.7 Å². The molecule has 3 heterocycles. The Morgan fingerprint density at radius 1 is 1.04 bits per heavy atom. The van der Waals surface area contributed by atoms with Gasteiger partial charge in [0.05, 0.1) is 5.39 Å². The molecule has 0 radical (unpaired) electrons. The van der Waals surface area contributed by atoms with Crippen LogP contribution >= 0.6 is 22.9 Å². The number of rotatable bonds is 4. The minimum Gasteiger partial charge on any atom is -0.353 e. The molecule has 0 aliphatic carbocycles. The number of fused-ring (bicyclic) bond motifs is 1.